The Labute approximate surface area is 213 Å². The second kappa shape index (κ2) is 10.6. The highest BCUT2D eigenvalue weighted by Gasteiger charge is 2.27. The maximum absolute atomic E-state index is 13.5. The molecule has 0 aliphatic heterocycles. The van der Waals surface area contributed by atoms with Gasteiger partial charge in [0.25, 0.3) is 5.91 Å². The van der Waals surface area contributed by atoms with E-state index < -0.39 is 20.9 Å². The molecule has 0 aliphatic rings. The van der Waals surface area contributed by atoms with Crippen LogP contribution in [0.3, 0.4) is 0 Å². The summed E-state index contributed by atoms with van der Waals surface area (Å²) in [4.78, 5) is 23.0. The van der Waals surface area contributed by atoms with Crippen LogP contribution < -0.4 is 0 Å². The van der Waals surface area contributed by atoms with Gasteiger partial charge in [0.1, 0.15) is 5.76 Å². The topological polar surface area (TPSA) is 93.4 Å². The fourth-order valence-electron chi connectivity index (χ4n) is 3.44. The summed E-state index contributed by atoms with van der Waals surface area (Å²) in [5.41, 5.74) is 2.06. The van der Waals surface area contributed by atoms with Crippen molar-refractivity contribution in [2.45, 2.75) is 30.9 Å². The Kier molecular flexibility index (Phi) is 7.54. The Hall–Kier alpha value is -3.20. The van der Waals surface area contributed by atoms with Crippen LogP contribution in [-0.4, -0.2) is 29.2 Å². The Balaban J connectivity index is 1.66. The third kappa shape index (κ3) is 6.08. The number of benzene rings is 2. The number of hydrogen-bond acceptors (Lipinski definition) is 6. The van der Waals surface area contributed by atoms with E-state index >= 15 is 0 Å². The van der Waals surface area contributed by atoms with Crippen molar-refractivity contribution in [3.63, 3.8) is 0 Å². The normalized spacial score (nSPS) is 11.4. The summed E-state index contributed by atoms with van der Waals surface area (Å²) in [7, 11) is -3.93. The Bertz CT molecular complexity index is 1440. The van der Waals surface area contributed by atoms with E-state index in [1.165, 1.54) is 11.2 Å². The minimum atomic E-state index is -3.93. The first-order chi connectivity index (χ1) is 16.7. The van der Waals surface area contributed by atoms with Crippen LogP contribution in [0.4, 0.5) is 0 Å². The molecular weight excluding hydrogens is 509 g/mol. The van der Waals surface area contributed by atoms with Crippen LogP contribution in [0.25, 0.3) is 0 Å². The number of rotatable bonds is 8. The maximum Gasteiger partial charge on any atom is 0.274 e. The van der Waals surface area contributed by atoms with Gasteiger partial charge in [0, 0.05) is 11.6 Å². The van der Waals surface area contributed by atoms with E-state index in [9.17, 15) is 13.2 Å². The van der Waals surface area contributed by atoms with Gasteiger partial charge in [0.2, 0.25) is 15.0 Å². The number of nitrogens with zero attached hydrogens (tertiary/aromatic N) is 3. The van der Waals surface area contributed by atoms with Gasteiger partial charge in [-0.3, -0.25) is 4.79 Å². The Morgan fingerprint density at radius 3 is 2.43 bits per heavy atom. The standard InChI is InChI=1S/C25H21Cl2N3O4S/c1-17-5-2-3-6-19(17)16-35(32,33)25-28-13-22(27)23(29-25)24(31)30(15-21-7-4-12-34-21)14-18-8-10-20(26)11-9-18/h2-13H,14-16H2,1H3. The molecule has 180 valence electrons. The molecule has 0 fully saturated rings. The van der Waals surface area contributed by atoms with Gasteiger partial charge in [-0.25, -0.2) is 18.4 Å². The summed E-state index contributed by atoms with van der Waals surface area (Å²) in [5.74, 6) is -0.309. The average Bonchev–Trinajstić information content (AvgIpc) is 3.34. The summed E-state index contributed by atoms with van der Waals surface area (Å²) in [6.07, 6.45) is 2.65. The molecule has 2 aromatic carbocycles. The number of sulfone groups is 1. The van der Waals surface area contributed by atoms with Crippen LogP contribution in [0.15, 0.2) is 82.7 Å². The van der Waals surface area contributed by atoms with E-state index in [0.717, 1.165) is 17.3 Å². The van der Waals surface area contributed by atoms with Crippen LogP contribution in [0.1, 0.15) is 32.9 Å². The third-order valence-electron chi connectivity index (χ3n) is 5.31. The first kappa shape index (κ1) is 24.9. The van der Waals surface area contributed by atoms with Gasteiger partial charge in [-0.05, 0) is 47.9 Å². The van der Waals surface area contributed by atoms with Crippen molar-refractivity contribution >= 4 is 38.9 Å². The summed E-state index contributed by atoms with van der Waals surface area (Å²) in [6.45, 7) is 2.15. The number of amides is 1. The van der Waals surface area contributed by atoms with Gasteiger partial charge in [-0.15, -0.1) is 0 Å². The lowest BCUT2D eigenvalue weighted by molar-refractivity contribution is 0.0710. The molecule has 0 bridgehead atoms. The molecule has 10 heteroatoms. The van der Waals surface area contributed by atoms with Gasteiger partial charge >= 0.3 is 0 Å². The SMILES string of the molecule is Cc1ccccc1CS(=O)(=O)c1ncc(Cl)c(C(=O)N(Cc2ccc(Cl)cc2)Cc2ccco2)n1. The number of aryl methyl sites for hydroxylation is 1. The molecule has 0 atom stereocenters. The molecule has 0 spiro atoms. The van der Waals surface area contributed by atoms with Gasteiger partial charge in [0.15, 0.2) is 5.69 Å². The highest BCUT2D eigenvalue weighted by atomic mass is 35.5. The molecule has 0 N–H and O–H groups in total. The first-order valence-corrected chi connectivity index (χ1v) is 13.0. The largest absolute Gasteiger partial charge is 0.467 e. The minimum Gasteiger partial charge on any atom is -0.467 e. The Morgan fingerprint density at radius 1 is 1.00 bits per heavy atom. The zero-order valence-corrected chi connectivity index (χ0v) is 21.0. The molecule has 4 aromatic rings. The zero-order valence-electron chi connectivity index (χ0n) is 18.7. The predicted molar refractivity (Wildman–Crippen MR) is 133 cm³/mol. The molecule has 0 saturated heterocycles. The van der Waals surface area contributed by atoms with Gasteiger partial charge < -0.3 is 9.32 Å². The van der Waals surface area contributed by atoms with Crippen molar-refractivity contribution < 1.29 is 17.6 Å². The lowest BCUT2D eigenvalue weighted by atomic mass is 10.1. The number of hydrogen-bond donors (Lipinski definition) is 0. The number of furan rings is 1. The number of carbonyl (C=O) groups is 1. The number of carbonyl (C=O) groups excluding carboxylic acids is 1. The minimum absolute atomic E-state index is 0.0506. The van der Waals surface area contributed by atoms with Crippen LogP contribution >= 0.6 is 23.2 Å². The fourth-order valence-corrected chi connectivity index (χ4v) is 5.05. The van der Waals surface area contributed by atoms with Gasteiger partial charge in [0.05, 0.1) is 29.8 Å². The van der Waals surface area contributed by atoms with Crippen molar-refractivity contribution in [2.75, 3.05) is 0 Å². The molecule has 1 amide bonds. The monoisotopic (exact) mass is 529 g/mol. The Morgan fingerprint density at radius 2 is 1.74 bits per heavy atom. The summed E-state index contributed by atoms with van der Waals surface area (Å²) in [6, 6.07) is 17.6. The van der Waals surface area contributed by atoms with Crippen LogP contribution in [0.5, 0.6) is 0 Å². The van der Waals surface area contributed by atoms with Crippen LogP contribution in [-0.2, 0) is 28.7 Å². The molecule has 0 aliphatic carbocycles. The summed E-state index contributed by atoms with van der Waals surface area (Å²) < 4.78 is 31.6. The maximum atomic E-state index is 13.5. The average molecular weight is 530 g/mol. The molecule has 0 unspecified atom stereocenters. The fraction of sp³-hybridized carbons (Fsp3) is 0.160. The predicted octanol–water partition coefficient (Wildman–Crippen LogP) is 5.50. The van der Waals surface area contributed by atoms with Crippen molar-refractivity contribution in [1.29, 1.82) is 0 Å². The van der Waals surface area contributed by atoms with Crippen LogP contribution in [0, 0.1) is 6.92 Å². The highest BCUT2D eigenvalue weighted by Crippen LogP contribution is 2.22. The van der Waals surface area contributed by atoms with E-state index in [0.29, 0.717) is 16.3 Å². The zero-order chi connectivity index (χ0) is 25.0. The molecule has 35 heavy (non-hydrogen) atoms. The molecule has 4 rings (SSSR count). The second-order valence-corrected chi connectivity index (χ2v) is 10.6. The van der Waals surface area contributed by atoms with Crippen LogP contribution in [0.2, 0.25) is 10.0 Å². The molecule has 7 nitrogen and oxygen atoms in total. The van der Waals surface area contributed by atoms with E-state index in [1.54, 1.807) is 48.5 Å². The third-order valence-corrected chi connectivity index (χ3v) is 7.28. The van der Waals surface area contributed by atoms with E-state index in [2.05, 4.69) is 9.97 Å². The lowest BCUT2D eigenvalue weighted by Crippen LogP contribution is -2.31. The number of halogens is 2. The van der Waals surface area contributed by atoms with Crippen molar-refractivity contribution in [3.8, 4) is 0 Å². The quantitative estimate of drug-likeness (QED) is 0.279. The molecule has 0 radical (unpaired) electrons. The second-order valence-electron chi connectivity index (χ2n) is 7.90. The molecule has 0 saturated carbocycles. The smallest absolute Gasteiger partial charge is 0.274 e. The molecular formula is C25H21Cl2N3O4S. The first-order valence-electron chi connectivity index (χ1n) is 10.6. The van der Waals surface area contributed by atoms with Crippen molar-refractivity contribution in [2.24, 2.45) is 0 Å². The van der Waals surface area contributed by atoms with E-state index in [1.807, 2.05) is 19.1 Å². The van der Waals surface area contributed by atoms with Crippen molar-refractivity contribution in [1.82, 2.24) is 14.9 Å². The van der Waals surface area contributed by atoms with E-state index in [-0.39, 0.29) is 29.6 Å². The highest BCUT2D eigenvalue weighted by molar-refractivity contribution is 7.90. The van der Waals surface area contributed by atoms with E-state index in [4.69, 9.17) is 27.6 Å². The van der Waals surface area contributed by atoms with Gasteiger partial charge in [-0.2, -0.15) is 0 Å². The summed E-state index contributed by atoms with van der Waals surface area (Å²) in [5, 5.41) is 0.0587. The summed E-state index contributed by atoms with van der Waals surface area (Å²) >= 11 is 12.3. The molecule has 2 heterocycles. The van der Waals surface area contributed by atoms with Gasteiger partial charge in [-0.1, -0.05) is 59.6 Å². The molecule has 2 aromatic heterocycles. The van der Waals surface area contributed by atoms with Crippen molar-refractivity contribution in [3.05, 3.63) is 111 Å². The lowest BCUT2D eigenvalue weighted by Gasteiger charge is -2.22. The number of aromatic nitrogens is 2.